The first-order valence-electron chi connectivity index (χ1n) is 5.65. The minimum atomic E-state index is -2.56. The number of halogens is 2. The molecule has 0 unspecified atom stereocenters. The summed E-state index contributed by atoms with van der Waals surface area (Å²) in [5, 5.41) is 2.76. The molecule has 1 aromatic rings. The van der Waals surface area contributed by atoms with E-state index in [-0.39, 0.29) is 24.8 Å². The van der Waals surface area contributed by atoms with E-state index in [0.29, 0.717) is 18.4 Å². The maximum absolute atomic E-state index is 12.9. The summed E-state index contributed by atoms with van der Waals surface area (Å²) in [7, 11) is 0. The van der Waals surface area contributed by atoms with Crippen molar-refractivity contribution >= 4 is 5.91 Å². The van der Waals surface area contributed by atoms with Gasteiger partial charge >= 0.3 is 0 Å². The molecule has 5 heteroatoms. The number of rotatable bonds is 2. The monoisotopic (exact) mass is 240 g/mol. The summed E-state index contributed by atoms with van der Waals surface area (Å²) in [6.45, 7) is 0. The van der Waals surface area contributed by atoms with Crippen LogP contribution in [0.1, 0.15) is 36.0 Å². The van der Waals surface area contributed by atoms with E-state index in [4.69, 9.17) is 0 Å². The number of carbonyl (C=O) groups is 1. The molecule has 1 amide bonds. The summed E-state index contributed by atoms with van der Waals surface area (Å²) in [4.78, 5) is 15.6. The lowest BCUT2D eigenvalue weighted by atomic mass is 9.92. The quantitative estimate of drug-likeness (QED) is 0.862. The number of amides is 1. The second-order valence-corrected chi connectivity index (χ2v) is 4.35. The van der Waals surface area contributed by atoms with Crippen molar-refractivity contribution in [1.29, 1.82) is 0 Å². The van der Waals surface area contributed by atoms with Gasteiger partial charge in [-0.05, 0) is 25.0 Å². The topological polar surface area (TPSA) is 42.0 Å². The molecule has 3 nitrogen and oxygen atoms in total. The largest absolute Gasteiger partial charge is 0.349 e. The highest BCUT2D eigenvalue weighted by Gasteiger charge is 2.35. The van der Waals surface area contributed by atoms with Crippen LogP contribution >= 0.6 is 0 Å². The number of nitrogens with zero attached hydrogens (tertiary/aromatic N) is 1. The minimum absolute atomic E-state index is 0.148. The molecule has 0 aliphatic heterocycles. The Kier molecular flexibility index (Phi) is 3.36. The van der Waals surface area contributed by atoms with Crippen LogP contribution in [0, 0.1) is 0 Å². The van der Waals surface area contributed by atoms with Crippen molar-refractivity contribution in [3.05, 3.63) is 30.1 Å². The molecule has 0 radical (unpaired) electrons. The van der Waals surface area contributed by atoms with E-state index in [1.54, 1.807) is 18.3 Å². The summed E-state index contributed by atoms with van der Waals surface area (Å²) in [5.41, 5.74) is 0.463. The third-order valence-electron chi connectivity index (χ3n) is 2.98. The smallest absolute Gasteiger partial charge is 0.253 e. The number of nitrogens with one attached hydrogen (secondary N) is 1. The van der Waals surface area contributed by atoms with Gasteiger partial charge < -0.3 is 5.32 Å². The standard InChI is InChI=1S/C12H14F2N2O/c13-12(14)5-3-10(4-6-12)16-11(17)9-2-1-7-15-8-9/h1-2,7-8,10H,3-6H2,(H,16,17). The molecule has 1 N–H and O–H groups in total. The van der Waals surface area contributed by atoms with Crippen LogP contribution in [0.3, 0.4) is 0 Å². The zero-order valence-electron chi connectivity index (χ0n) is 9.33. The first-order chi connectivity index (χ1) is 8.07. The van der Waals surface area contributed by atoms with Gasteiger partial charge in [0.1, 0.15) is 0 Å². The zero-order valence-corrected chi connectivity index (χ0v) is 9.33. The number of carbonyl (C=O) groups excluding carboxylic acids is 1. The van der Waals surface area contributed by atoms with Crippen LogP contribution in [0.25, 0.3) is 0 Å². The lowest BCUT2D eigenvalue weighted by Gasteiger charge is -2.28. The highest BCUT2D eigenvalue weighted by molar-refractivity contribution is 5.93. The van der Waals surface area contributed by atoms with E-state index < -0.39 is 5.92 Å². The van der Waals surface area contributed by atoms with Crippen molar-refractivity contribution < 1.29 is 13.6 Å². The molecule has 0 spiro atoms. The average Bonchev–Trinajstić information content (AvgIpc) is 2.33. The van der Waals surface area contributed by atoms with Gasteiger partial charge in [-0.25, -0.2) is 8.78 Å². The molecule has 0 aromatic carbocycles. The fourth-order valence-electron chi connectivity index (χ4n) is 1.95. The number of hydrogen-bond donors (Lipinski definition) is 1. The van der Waals surface area contributed by atoms with Gasteiger partial charge in [0.15, 0.2) is 0 Å². The second-order valence-electron chi connectivity index (χ2n) is 4.35. The SMILES string of the molecule is O=C(NC1CCC(F)(F)CC1)c1cccnc1. The minimum Gasteiger partial charge on any atom is -0.349 e. The fraction of sp³-hybridized carbons (Fsp3) is 0.500. The van der Waals surface area contributed by atoms with Gasteiger partial charge in [-0.15, -0.1) is 0 Å². The van der Waals surface area contributed by atoms with E-state index in [0.717, 1.165) is 0 Å². The van der Waals surface area contributed by atoms with Crippen LogP contribution in [-0.2, 0) is 0 Å². The average molecular weight is 240 g/mol. The summed E-state index contributed by atoms with van der Waals surface area (Å²) in [6.07, 6.45) is 3.42. The molecule has 1 heterocycles. The summed E-state index contributed by atoms with van der Waals surface area (Å²) >= 11 is 0. The molecule has 92 valence electrons. The Labute approximate surface area is 98.2 Å². The molecular weight excluding hydrogens is 226 g/mol. The van der Waals surface area contributed by atoms with Crippen LogP contribution in [0.5, 0.6) is 0 Å². The van der Waals surface area contributed by atoms with E-state index in [2.05, 4.69) is 10.3 Å². The molecule has 17 heavy (non-hydrogen) atoms. The number of alkyl halides is 2. The van der Waals surface area contributed by atoms with E-state index in [1.165, 1.54) is 6.20 Å². The Morgan fingerprint density at radius 2 is 2.12 bits per heavy atom. The van der Waals surface area contributed by atoms with Crippen molar-refractivity contribution in [2.45, 2.75) is 37.6 Å². The number of aromatic nitrogens is 1. The fourth-order valence-corrected chi connectivity index (χ4v) is 1.95. The lowest BCUT2D eigenvalue weighted by Crippen LogP contribution is -2.40. The summed E-state index contributed by atoms with van der Waals surface area (Å²) in [5.74, 6) is -2.80. The van der Waals surface area contributed by atoms with Crippen LogP contribution in [0.4, 0.5) is 8.78 Å². The van der Waals surface area contributed by atoms with E-state index in [9.17, 15) is 13.6 Å². The molecule has 1 aliphatic carbocycles. The van der Waals surface area contributed by atoms with Crippen LogP contribution in [0.2, 0.25) is 0 Å². The summed E-state index contributed by atoms with van der Waals surface area (Å²) < 4.78 is 25.8. The Hall–Kier alpha value is -1.52. The van der Waals surface area contributed by atoms with E-state index >= 15 is 0 Å². The van der Waals surface area contributed by atoms with Crippen molar-refractivity contribution in [3.63, 3.8) is 0 Å². The maximum Gasteiger partial charge on any atom is 0.253 e. The second kappa shape index (κ2) is 4.77. The predicted molar refractivity (Wildman–Crippen MR) is 58.9 cm³/mol. The molecule has 1 aromatic heterocycles. The van der Waals surface area contributed by atoms with Gasteiger partial charge in [0, 0.05) is 31.3 Å². The molecule has 2 rings (SSSR count). The van der Waals surface area contributed by atoms with Gasteiger partial charge in [0.05, 0.1) is 5.56 Å². The molecule has 1 fully saturated rings. The van der Waals surface area contributed by atoms with Crippen molar-refractivity contribution in [1.82, 2.24) is 10.3 Å². The molecule has 1 saturated carbocycles. The van der Waals surface area contributed by atoms with Crippen LogP contribution < -0.4 is 5.32 Å². The lowest BCUT2D eigenvalue weighted by molar-refractivity contribution is -0.0399. The number of hydrogen-bond acceptors (Lipinski definition) is 2. The Morgan fingerprint density at radius 1 is 1.41 bits per heavy atom. The normalized spacial score (nSPS) is 19.9. The molecule has 0 bridgehead atoms. The maximum atomic E-state index is 12.9. The molecule has 1 aliphatic rings. The van der Waals surface area contributed by atoms with Gasteiger partial charge in [0.25, 0.3) is 5.91 Å². The third-order valence-corrected chi connectivity index (χ3v) is 2.98. The van der Waals surface area contributed by atoms with E-state index in [1.807, 2.05) is 0 Å². The Morgan fingerprint density at radius 3 is 2.71 bits per heavy atom. The number of pyridine rings is 1. The van der Waals surface area contributed by atoms with Crippen molar-refractivity contribution in [2.24, 2.45) is 0 Å². The van der Waals surface area contributed by atoms with Gasteiger partial charge in [-0.3, -0.25) is 9.78 Å². The first-order valence-corrected chi connectivity index (χ1v) is 5.65. The van der Waals surface area contributed by atoms with Crippen molar-refractivity contribution in [2.75, 3.05) is 0 Å². The Balaban J connectivity index is 1.89. The first kappa shape index (κ1) is 12.0. The Bertz CT molecular complexity index is 385. The highest BCUT2D eigenvalue weighted by atomic mass is 19.3. The third kappa shape index (κ3) is 3.22. The van der Waals surface area contributed by atoms with Gasteiger partial charge in [-0.1, -0.05) is 0 Å². The molecule has 0 atom stereocenters. The van der Waals surface area contributed by atoms with Gasteiger partial charge in [0.2, 0.25) is 5.92 Å². The van der Waals surface area contributed by atoms with Gasteiger partial charge in [-0.2, -0.15) is 0 Å². The highest BCUT2D eigenvalue weighted by Crippen LogP contribution is 2.33. The van der Waals surface area contributed by atoms with Crippen molar-refractivity contribution in [3.8, 4) is 0 Å². The van der Waals surface area contributed by atoms with Crippen LogP contribution in [0.15, 0.2) is 24.5 Å². The molecular formula is C12H14F2N2O. The predicted octanol–water partition coefficient (Wildman–Crippen LogP) is 2.39. The van der Waals surface area contributed by atoms with Crippen LogP contribution in [-0.4, -0.2) is 22.9 Å². The zero-order chi connectivity index (χ0) is 12.3. The molecule has 0 saturated heterocycles. The summed E-state index contributed by atoms with van der Waals surface area (Å²) in [6, 6.07) is 3.17.